The minimum Gasteiger partial charge on any atom is -0.378 e. The van der Waals surface area contributed by atoms with E-state index >= 15 is 0 Å². The molecule has 0 amide bonds. The fraction of sp³-hybridized carbons (Fsp3) is 0.714. The Labute approximate surface area is 171 Å². The molecule has 7 heteroatoms. The predicted octanol–water partition coefficient (Wildman–Crippen LogP) is 7.48. The van der Waals surface area contributed by atoms with Crippen LogP contribution in [0.3, 0.4) is 0 Å². The van der Waals surface area contributed by atoms with E-state index in [1.54, 1.807) is 0 Å². The third kappa shape index (κ3) is 15.1. The smallest absolute Gasteiger partial charge is 0.0575 e. The quantitative estimate of drug-likeness (QED) is 0.203. The highest BCUT2D eigenvalue weighted by molar-refractivity contribution is 7.99. The molecule has 1 saturated carbocycles. The first-order valence-electron chi connectivity index (χ1n) is 9.68. The Hall–Kier alpha value is -0.820. The molecule has 1 aromatic rings. The molecule has 1 aliphatic carbocycles. The number of benzene rings is 1. The van der Waals surface area contributed by atoms with E-state index in [0.717, 1.165) is 12.5 Å². The molecule has 0 N–H and O–H groups in total. The minimum atomic E-state index is 0. The van der Waals surface area contributed by atoms with Gasteiger partial charge in [-0.1, -0.05) is 50.8 Å². The van der Waals surface area contributed by atoms with Crippen molar-refractivity contribution >= 4 is 11.8 Å². The highest BCUT2D eigenvalue weighted by atomic mass is 32.2. The molecule has 0 radical (unpaired) electrons. The zero-order chi connectivity index (χ0) is 16.2. The summed E-state index contributed by atoms with van der Waals surface area (Å²) in [5.41, 5.74) is 0. The maximum atomic E-state index is 6.08. The van der Waals surface area contributed by atoms with E-state index in [9.17, 15) is 0 Å². The Balaban J connectivity index is -0.000000576. The van der Waals surface area contributed by atoms with Gasteiger partial charge in [0.05, 0.1) is 6.10 Å². The number of hydrogen-bond acceptors (Lipinski definition) is 2. The lowest BCUT2D eigenvalue weighted by Crippen LogP contribution is -2.22. The summed E-state index contributed by atoms with van der Waals surface area (Å²) in [5, 5.41) is 0. The number of unbranched alkanes of at least 4 members (excludes halogenated alkanes) is 4. The first kappa shape index (κ1) is 34.7. The van der Waals surface area contributed by atoms with E-state index in [1.807, 2.05) is 11.8 Å². The summed E-state index contributed by atoms with van der Waals surface area (Å²) >= 11 is 2.01. The van der Waals surface area contributed by atoms with E-state index in [4.69, 9.17) is 4.74 Å². The van der Waals surface area contributed by atoms with Gasteiger partial charge in [-0.3, -0.25) is 23.5 Å². The van der Waals surface area contributed by atoms with E-state index in [2.05, 4.69) is 37.3 Å². The summed E-state index contributed by atoms with van der Waals surface area (Å²) in [5.74, 6) is 2.19. The van der Waals surface area contributed by atoms with Gasteiger partial charge in [-0.25, -0.2) is 0 Å². The van der Waals surface area contributed by atoms with Crippen molar-refractivity contribution in [2.24, 2.45) is 5.92 Å². The van der Waals surface area contributed by atoms with Crippen LogP contribution in [-0.2, 0) is 4.74 Å². The number of hydrogen-bond donors (Lipinski definition) is 0. The Morgan fingerprint density at radius 3 is 2.04 bits per heavy atom. The maximum Gasteiger partial charge on any atom is 0.0575 e. The minimum absolute atomic E-state index is 0. The average molecular weight is 435 g/mol. The average Bonchev–Trinajstić information content (AvgIpc) is 2.60. The Kier molecular flexibility index (Phi) is 27.8. The second kappa shape index (κ2) is 22.5. The normalized spacial score (nSPS) is 17.6. The fourth-order valence-corrected chi connectivity index (χ4v) is 4.44. The topological polar surface area (TPSA) is 9.23 Å². The molecule has 2 rings (SSSR count). The summed E-state index contributed by atoms with van der Waals surface area (Å²) in [7, 11) is 0. The van der Waals surface area contributed by atoms with Gasteiger partial charge in [0, 0.05) is 11.5 Å². The molecule has 1 fully saturated rings. The van der Waals surface area contributed by atoms with Gasteiger partial charge in [-0.05, 0) is 62.3 Å². The predicted molar refractivity (Wildman–Crippen MR) is 115 cm³/mol. The first-order chi connectivity index (χ1) is 11.4. The third-order valence-corrected chi connectivity index (χ3v) is 5.98. The molecule has 0 saturated heterocycles. The Morgan fingerprint density at radius 1 is 0.821 bits per heavy atom. The second-order valence-electron chi connectivity index (χ2n) is 6.88. The van der Waals surface area contributed by atoms with Crippen LogP contribution in [0.15, 0.2) is 35.2 Å². The van der Waals surface area contributed by atoms with Crippen molar-refractivity contribution in [3.8, 4) is 0 Å². The molecular formula is C21H39F5OS. The number of halogens is 5. The van der Waals surface area contributed by atoms with Crippen LogP contribution in [0.4, 0.5) is 23.5 Å². The van der Waals surface area contributed by atoms with Crippen LogP contribution < -0.4 is 0 Å². The van der Waals surface area contributed by atoms with Gasteiger partial charge in [-0.2, -0.15) is 0 Å². The molecule has 0 aliphatic heterocycles. The molecule has 1 nitrogen and oxygen atoms in total. The van der Waals surface area contributed by atoms with E-state index in [1.165, 1.54) is 74.9 Å². The number of thioether (sulfide) groups is 1. The van der Waals surface area contributed by atoms with E-state index in [-0.39, 0.29) is 23.5 Å². The molecular weight excluding hydrogens is 395 g/mol. The van der Waals surface area contributed by atoms with Gasteiger partial charge in [0.2, 0.25) is 0 Å². The molecule has 28 heavy (non-hydrogen) atoms. The molecule has 0 aromatic heterocycles. The standard InChI is InChI=1S/C21H34OS.5FH/c1-2-3-4-5-9-17-22-20-14-12-19(13-15-20)16-18-23-21-10-7-6-8-11-21;;;;;/h6-8,10-11,19-20H,2-5,9,12-18H2,1H3;5*1H. The zero-order valence-corrected chi connectivity index (χ0v) is 17.7. The first-order valence-corrected chi connectivity index (χ1v) is 10.7. The number of rotatable bonds is 11. The highest BCUT2D eigenvalue weighted by Crippen LogP contribution is 2.30. The van der Waals surface area contributed by atoms with Crippen molar-refractivity contribution in [3.63, 3.8) is 0 Å². The molecule has 0 atom stereocenters. The van der Waals surface area contributed by atoms with Crippen molar-refractivity contribution in [1.29, 1.82) is 0 Å². The molecule has 0 bridgehead atoms. The monoisotopic (exact) mass is 434 g/mol. The van der Waals surface area contributed by atoms with Crippen molar-refractivity contribution in [3.05, 3.63) is 30.3 Å². The Morgan fingerprint density at radius 2 is 1.43 bits per heavy atom. The van der Waals surface area contributed by atoms with Crippen LogP contribution in [0.2, 0.25) is 0 Å². The van der Waals surface area contributed by atoms with Crippen LogP contribution in [0.25, 0.3) is 0 Å². The molecule has 1 aliphatic rings. The van der Waals surface area contributed by atoms with Gasteiger partial charge >= 0.3 is 0 Å². The van der Waals surface area contributed by atoms with Gasteiger partial charge < -0.3 is 4.74 Å². The summed E-state index contributed by atoms with van der Waals surface area (Å²) in [6.45, 7) is 3.26. The van der Waals surface area contributed by atoms with Crippen LogP contribution in [-0.4, -0.2) is 18.5 Å². The van der Waals surface area contributed by atoms with Crippen molar-refractivity contribution in [1.82, 2.24) is 0 Å². The SMILES string of the molecule is CCCCCCCOC1CCC(CCSc2ccccc2)CC1.F.F.F.F.F. The van der Waals surface area contributed by atoms with Crippen molar-refractivity contribution in [2.45, 2.75) is 82.1 Å². The maximum absolute atomic E-state index is 6.08. The van der Waals surface area contributed by atoms with E-state index < -0.39 is 0 Å². The van der Waals surface area contributed by atoms with Crippen molar-refractivity contribution in [2.75, 3.05) is 12.4 Å². The molecule has 0 spiro atoms. The Bertz CT molecular complexity index is 403. The molecule has 0 heterocycles. The van der Waals surface area contributed by atoms with Crippen molar-refractivity contribution < 1.29 is 28.3 Å². The molecule has 170 valence electrons. The van der Waals surface area contributed by atoms with Gasteiger partial charge in [0.1, 0.15) is 0 Å². The fourth-order valence-electron chi connectivity index (χ4n) is 3.40. The molecule has 1 aromatic carbocycles. The zero-order valence-electron chi connectivity index (χ0n) is 16.9. The number of ether oxygens (including phenoxy) is 1. The lowest BCUT2D eigenvalue weighted by Gasteiger charge is -2.28. The lowest BCUT2D eigenvalue weighted by atomic mass is 9.86. The lowest BCUT2D eigenvalue weighted by molar-refractivity contribution is 0.0159. The summed E-state index contributed by atoms with van der Waals surface area (Å²) in [4.78, 5) is 1.41. The van der Waals surface area contributed by atoms with Gasteiger partial charge in [0.25, 0.3) is 0 Å². The van der Waals surface area contributed by atoms with Crippen LogP contribution in [0.1, 0.15) is 71.1 Å². The summed E-state index contributed by atoms with van der Waals surface area (Å²) in [6.07, 6.45) is 13.9. The summed E-state index contributed by atoms with van der Waals surface area (Å²) in [6, 6.07) is 10.8. The van der Waals surface area contributed by atoms with Crippen LogP contribution >= 0.6 is 11.8 Å². The highest BCUT2D eigenvalue weighted by Gasteiger charge is 2.21. The van der Waals surface area contributed by atoms with Crippen LogP contribution in [0, 0.1) is 5.92 Å². The van der Waals surface area contributed by atoms with Gasteiger partial charge in [0.15, 0.2) is 0 Å². The molecule has 0 unspecified atom stereocenters. The van der Waals surface area contributed by atoms with Crippen LogP contribution in [0.5, 0.6) is 0 Å². The van der Waals surface area contributed by atoms with Gasteiger partial charge in [-0.15, -0.1) is 11.8 Å². The second-order valence-corrected chi connectivity index (χ2v) is 8.05. The largest absolute Gasteiger partial charge is 0.378 e. The summed E-state index contributed by atoms with van der Waals surface area (Å²) < 4.78 is 6.08. The third-order valence-electron chi connectivity index (χ3n) is 4.93. The van der Waals surface area contributed by atoms with E-state index in [0.29, 0.717) is 6.10 Å².